The minimum atomic E-state index is -1.25. The molecule has 0 saturated carbocycles. The second-order valence-electron chi connectivity index (χ2n) is 8.95. The van der Waals surface area contributed by atoms with Gasteiger partial charge in [-0.15, -0.1) is 0 Å². The molecule has 7 nitrogen and oxygen atoms in total. The quantitative estimate of drug-likeness (QED) is 0.392. The van der Waals surface area contributed by atoms with E-state index >= 15 is 4.39 Å². The smallest absolute Gasteiger partial charge is 0.278 e. The lowest BCUT2D eigenvalue weighted by Gasteiger charge is -2.17. The van der Waals surface area contributed by atoms with Gasteiger partial charge in [0.05, 0.1) is 11.9 Å². The molecule has 0 amide bonds. The Balaban J connectivity index is 1.77. The highest BCUT2D eigenvalue weighted by Crippen LogP contribution is 2.29. The maximum Gasteiger partial charge on any atom is 0.278 e. The van der Waals surface area contributed by atoms with Crippen molar-refractivity contribution in [2.75, 3.05) is 0 Å². The average molecular weight is 532 g/mol. The number of nitrogens with one attached hydrogen (secondary N) is 1. The standard InChI is InChI=1S/C26H22ClF3N4O3/c1-13-10-32-23(17-6-5-7-20(33-17)26(3,4)36)22(30)24(13)34-14(2)8-19(21(27)25(34)35)37-12-18-16(29)9-15(28)11-31-18/h5-11,36H,12H2,1-4H3/p+1. The third-order valence-electron chi connectivity index (χ3n) is 5.64. The van der Waals surface area contributed by atoms with Crippen LogP contribution in [-0.2, 0) is 12.2 Å². The number of hydrogen-bond acceptors (Lipinski definition) is 5. The number of pyridine rings is 4. The molecule has 0 saturated heterocycles. The molecular weight excluding hydrogens is 509 g/mol. The molecule has 0 aliphatic carbocycles. The zero-order chi connectivity index (χ0) is 27.1. The summed E-state index contributed by atoms with van der Waals surface area (Å²) < 4.78 is 49.5. The fourth-order valence-corrected chi connectivity index (χ4v) is 3.93. The van der Waals surface area contributed by atoms with E-state index in [-0.39, 0.29) is 39.2 Å². The van der Waals surface area contributed by atoms with Crippen molar-refractivity contribution in [3.63, 3.8) is 0 Å². The van der Waals surface area contributed by atoms with Gasteiger partial charge in [-0.1, -0.05) is 17.7 Å². The lowest BCUT2D eigenvalue weighted by Crippen LogP contribution is -2.26. The summed E-state index contributed by atoms with van der Waals surface area (Å²) in [5.74, 6) is -2.56. The first-order chi connectivity index (χ1) is 17.4. The topological polar surface area (TPSA) is 91.4 Å². The summed E-state index contributed by atoms with van der Waals surface area (Å²) in [6.07, 6.45) is 2.37. The zero-order valence-corrected chi connectivity index (χ0v) is 21.1. The van der Waals surface area contributed by atoms with E-state index in [9.17, 15) is 18.7 Å². The maximum atomic E-state index is 15.9. The fraction of sp³-hybridized carbons (Fsp3) is 0.231. The Morgan fingerprint density at radius 2 is 1.92 bits per heavy atom. The molecule has 192 valence electrons. The predicted molar refractivity (Wildman–Crippen MR) is 130 cm³/mol. The van der Waals surface area contributed by atoms with Crippen molar-refractivity contribution in [3.8, 4) is 22.8 Å². The number of aromatic nitrogens is 4. The highest BCUT2D eigenvalue weighted by Gasteiger charge is 2.27. The van der Waals surface area contributed by atoms with Crippen molar-refractivity contribution in [2.24, 2.45) is 0 Å². The highest BCUT2D eigenvalue weighted by molar-refractivity contribution is 6.31. The Hall–Kier alpha value is -3.76. The fourth-order valence-electron chi connectivity index (χ4n) is 3.74. The summed E-state index contributed by atoms with van der Waals surface area (Å²) in [6, 6.07) is 6.91. The number of rotatable bonds is 6. The third-order valence-corrected chi connectivity index (χ3v) is 5.99. The second kappa shape index (κ2) is 9.95. The van der Waals surface area contributed by atoms with E-state index in [1.54, 1.807) is 45.9 Å². The van der Waals surface area contributed by atoms with Gasteiger partial charge in [0.25, 0.3) is 11.3 Å². The number of aryl methyl sites for hydroxylation is 2. The van der Waals surface area contributed by atoms with Crippen LogP contribution in [0.25, 0.3) is 17.1 Å². The number of halogens is 4. The summed E-state index contributed by atoms with van der Waals surface area (Å²) >= 11 is 6.28. The van der Waals surface area contributed by atoms with Gasteiger partial charge in [-0.25, -0.2) is 18.7 Å². The number of aliphatic hydroxyl groups is 1. The van der Waals surface area contributed by atoms with Gasteiger partial charge in [0.2, 0.25) is 5.82 Å². The SMILES string of the molecule is Cc1c[nH+]c(-c2cccc(C(C)(C)O)n2)c(F)c1-n1c(C)cc(OCc2ncc(F)cc2F)c(Cl)c1=O. The van der Waals surface area contributed by atoms with Crippen molar-refractivity contribution in [1.82, 2.24) is 14.5 Å². The predicted octanol–water partition coefficient (Wildman–Crippen LogP) is 4.60. The molecule has 4 aromatic heterocycles. The molecule has 0 aromatic carbocycles. The molecule has 0 fully saturated rings. The Kier molecular flexibility index (Phi) is 7.07. The van der Waals surface area contributed by atoms with Gasteiger partial charge < -0.3 is 9.84 Å². The third kappa shape index (κ3) is 5.21. The van der Waals surface area contributed by atoms with Crippen LogP contribution < -0.4 is 15.3 Å². The molecule has 0 radical (unpaired) electrons. The molecule has 4 heterocycles. The molecule has 2 N–H and O–H groups in total. The van der Waals surface area contributed by atoms with E-state index in [1.165, 1.54) is 12.3 Å². The van der Waals surface area contributed by atoms with Gasteiger partial charge >= 0.3 is 0 Å². The van der Waals surface area contributed by atoms with Crippen molar-refractivity contribution in [2.45, 2.75) is 39.9 Å². The average Bonchev–Trinajstić information content (AvgIpc) is 2.83. The highest BCUT2D eigenvalue weighted by atomic mass is 35.5. The molecular formula is C26H23ClF3N4O3+. The van der Waals surface area contributed by atoms with Crippen LogP contribution in [0.5, 0.6) is 5.75 Å². The van der Waals surface area contributed by atoms with Gasteiger partial charge in [0, 0.05) is 23.4 Å². The van der Waals surface area contributed by atoms with Crippen molar-refractivity contribution in [1.29, 1.82) is 0 Å². The Morgan fingerprint density at radius 3 is 2.59 bits per heavy atom. The first kappa shape index (κ1) is 26.3. The molecule has 0 bridgehead atoms. The molecule has 0 atom stereocenters. The van der Waals surface area contributed by atoms with Crippen LogP contribution in [0.15, 0.2) is 47.5 Å². The van der Waals surface area contributed by atoms with E-state index in [2.05, 4.69) is 15.0 Å². The first-order valence-electron chi connectivity index (χ1n) is 11.1. The molecule has 0 unspecified atom stereocenters. The van der Waals surface area contributed by atoms with E-state index < -0.39 is 35.2 Å². The van der Waals surface area contributed by atoms with Gasteiger partial charge in [-0.2, -0.15) is 4.39 Å². The summed E-state index contributed by atoms with van der Waals surface area (Å²) in [7, 11) is 0. The van der Waals surface area contributed by atoms with E-state index in [4.69, 9.17) is 16.3 Å². The van der Waals surface area contributed by atoms with Gasteiger partial charge in [-0.3, -0.25) is 14.3 Å². The van der Waals surface area contributed by atoms with Crippen molar-refractivity contribution in [3.05, 3.63) is 98.2 Å². The Bertz CT molecular complexity index is 1570. The van der Waals surface area contributed by atoms with E-state index in [1.807, 2.05) is 0 Å². The molecule has 4 rings (SSSR count). The van der Waals surface area contributed by atoms with Crippen LogP contribution in [-0.4, -0.2) is 19.6 Å². The number of nitrogens with zero attached hydrogens (tertiary/aromatic N) is 3. The molecule has 11 heteroatoms. The molecule has 37 heavy (non-hydrogen) atoms. The maximum absolute atomic E-state index is 15.9. The Labute approximate surface area is 215 Å². The van der Waals surface area contributed by atoms with Crippen LogP contribution in [0.1, 0.15) is 36.5 Å². The number of H-pyrrole nitrogens is 1. The monoisotopic (exact) mass is 531 g/mol. The lowest BCUT2D eigenvalue weighted by molar-refractivity contribution is -0.368. The Morgan fingerprint density at radius 1 is 1.19 bits per heavy atom. The van der Waals surface area contributed by atoms with Crippen LogP contribution in [0.4, 0.5) is 13.2 Å². The number of ether oxygens (including phenoxy) is 1. The largest absolute Gasteiger partial charge is 0.485 e. The van der Waals surface area contributed by atoms with E-state index in [0.717, 1.165) is 10.8 Å². The van der Waals surface area contributed by atoms with E-state index in [0.29, 0.717) is 17.3 Å². The van der Waals surface area contributed by atoms with Gasteiger partial charge in [-0.05, 0) is 39.8 Å². The summed E-state index contributed by atoms with van der Waals surface area (Å²) in [6.45, 7) is 5.90. The molecule has 0 spiro atoms. The lowest BCUT2D eigenvalue weighted by atomic mass is 10.0. The summed E-state index contributed by atoms with van der Waals surface area (Å²) in [4.78, 5) is 24.1. The van der Waals surface area contributed by atoms with Crippen LogP contribution in [0.3, 0.4) is 0 Å². The van der Waals surface area contributed by atoms with Crippen molar-refractivity contribution < 1.29 is 28.0 Å². The summed E-state index contributed by atoms with van der Waals surface area (Å²) in [5.41, 5.74) is -0.968. The molecule has 4 aromatic rings. The zero-order valence-electron chi connectivity index (χ0n) is 20.4. The normalized spacial score (nSPS) is 11.6. The van der Waals surface area contributed by atoms with Gasteiger partial charge in [0.15, 0.2) is 12.0 Å². The van der Waals surface area contributed by atoms with Crippen molar-refractivity contribution >= 4 is 11.6 Å². The summed E-state index contributed by atoms with van der Waals surface area (Å²) in [5, 5.41) is 9.94. The molecule has 0 aliphatic heterocycles. The van der Waals surface area contributed by atoms with Crippen LogP contribution in [0.2, 0.25) is 5.02 Å². The minimum absolute atomic E-state index is 0.00677. The molecule has 0 aliphatic rings. The number of aromatic amines is 1. The number of hydrogen-bond donors (Lipinski definition) is 1. The van der Waals surface area contributed by atoms with Gasteiger partial charge in [0.1, 0.15) is 45.9 Å². The minimum Gasteiger partial charge on any atom is -0.485 e. The van der Waals surface area contributed by atoms with Crippen LogP contribution in [0, 0.1) is 31.3 Å². The first-order valence-corrected chi connectivity index (χ1v) is 11.5. The second-order valence-corrected chi connectivity index (χ2v) is 9.33. The van der Waals surface area contributed by atoms with Crippen LogP contribution >= 0.6 is 11.6 Å².